The topological polar surface area (TPSA) is 69.0 Å². The van der Waals surface area contributed by atoms with Crippen molar-refractivity contribution in [3.63, 3.8) is 0 Å². The summed E-state index contributed by atoms with van der Waals surface area (Å²) < 4.78 is 20.8. The molecule has 1 atom stereocenters. The summed E-state index contributed by atoms with van der Waals surface area (Å²) >= 11 is 1.29. The van der Waals surface area contributed by atoms with Crippen molar-refractivity contribution in [2.75, 3.05) is 11.1 Å². The molecule has 2 aromatic carbocycles. The number of carbonyl (C=O) groups is 1. The molecule has 1 unspecified atom stereocenters. The molecule has 0 saturated heterocycles. The summed E-state index contributed by atoms with van der Waals surface area (Å²) in [6.45, 7) is 8.19. The Morgan fingerprint density at radius 1 is 1.23 bits per heavy atom. The molecule has 0 saturated carbocycles. The molecule has 1 N–H and O–H groups in total. The van der Waals surface area contributed by atoms with Gasteiger partial charge in [-0.25, -0.2) is 4.39 Å². The third-order valence-electron chi connectivity index (χ3n) is 4.53. The van der Waals surface area contributed by atoms with Gasteiger partial charge in [-0.3, -0.25) is 9.36 Å². The van der Waals surface area contributed by atoms with Crippen LogP contribution in [0.3, 0.4) is 0 Å². The van der Waals surface area contributed by atoms with Crippen LogP contribution in [-0.2, 0) is 17.8 Å². The van der Waals surface area contributed by atoms with Crippen molar-refractivity contribution < 1.29 is 13.9 Å². The average molecular weight is 441 g/mol. The van der Waals surface area contributed by atoms with Crippen LogP contribution in [0.1, 0.15) is 31.3 Å². The van der Waals surface area contributed by atoms with E-state index >= 15 is 0 Å². The van der Waals surface area contributed by atoms with Crippen LogP contribution < -0.4 is 10.1 Å². The lowest BCUT2D eigenvalue weighted by Crippen LogP contribution is -2.15. The van der Waals surface area contributed by atoms with Crippen molar-refractivity contribution in [1.82, 2.24) is 14.8 Å². The zero-order valence-corrected chi connectivity index (χ0v) is 18.4. The van der Waals surface area contributed by atoms with Gasteiger partial charge in [-0.1, -0.05) is 36.9 Å². The highest BCUT2D eigenvalue weighted by Gasteiger charge is 2.20. The van der Waals surface area contributed by atoms with Gasteiger partial charge >= 0.3 is 0 Å². The second-order valence-corrected chi connectivity index (χ2v) is 7.78. The number of amides is 1. The number of halogens is 1. The number of carbonyl (C=O) groups excluding carboxylic acids is 1. The highest BCUT2D eigenvalue weighted by molar-refractivity contribution is 7.99. The van der Waals surface area contributed by atoms with E-state index in [2.05, 4.69) is 29.0 Å². The molecule has 0 aliphatic heterocycles. The zero-order chi connectivity index (χ0) is 22.2. The molecule has 1 heterocycles. The minimum atomic E-state index is -0.418. The molecule has 0 bridgehead atoms. The number of rotatable bonds is 10. The van der Waals surface area contributed by atoms with Crippen molar-refractivity contribution in [3.8, 4) is 5.75 Å². The maximum atomic E-state index is 13.1. The predicted molar refractivity (Wildman–Crippen MR) is 121 cm³/mol. The van der Waals surface area contributed by atoms with Crippen LogP contribution in [0.4, 0.5) is 10.1 Å². The van der Waals surface area contributed by atoms with Gasteiger partial charge in [-0.05, 0) is 55.3 Å². The average Bonchev–Trinajstić information content (AvgIpc) is 3.17. The number of ether oxygens (including phenoxy) is 1. The van der Waals surface area contributed by atoms with Crippen LogP contribution in [0.25, 0.3) is 0 Å². The monoisotopic (exact) mass is 440 g/mol. The number of anilines is 1. The summed E-state index contributed by atoms with van der Waals surface area (Å²) in [6.07, 6.45) is 2.27. The molecule has 0 spiro atoms. The third kappa shape index (κ3) is 6.18. The van der Waals surface area contributed by atoms with Gasteiger partial charge in [0.25, 0.3) is 0 Å². The van der Waals surface area contributed by atoms with Gasteiger partial charge in [0.15, 0.2) is 17.1 Å². The van der Waals surface area contributed by atoms with Crippen LogP contribution in [-0.4, -0.2) is 26.4 Å². The first-order valence-electron chi connectivity index (χ1n) is 9.98. The Balaban J connectivity index is 1.64. The van der Waals surface area contributed by atoms with Crippen molar-refractivity contribution in [1.29, 1.82) is 0 Å². The Morgan fingerprint density at radius 3 is 2.58 bits per heavy atom. The second kappa shape index (κ2) is 10.8. The molecule has 0 aliphatic rings. The fourth-order valence-corrected chi connectivity index (χ4v) is 3.68. The Labute approximate surface area is 185 Å². The molecular weight excluding hydrogens is 415 g/mol. The highest BCUT2D eigenvalue weighted by atomic mass is 32.2. The molecule has 0 fully saturated rings. The van der Waals surface area contributed by atoms with Gasteiger partial charge in [0.1, 0.15) is 11.6 Å². The lowest BCUT2D eigenvalue weighted by atomic mass is 10.1. The first-order chi connectivity index (χ1) is 15.0. The Morgan fingerprint density at radius 2 is 1.94 bits per heavy atom. The number of aromatic nitrogens is 3. The third-order valence-corrected chi connectivity index (χ3v) is 5.49. The van der Waals surface area contributed by atoms with Crippen LogP contribution >= 0.6 is 11.8 Å². The minimum absolute atomic E-state index is 0.125. The van der Waals surface area contributed by atoms with Gasteiger partial charge in [-0.2, -0.15) is 0 Å². The lowest BCUT2D eigenvalue weighted by molar-refractivity contribution is -0.113. The van der Waals surface area contributed by atoms with E-state index in [0.717, 1.165) is 12.1 Å². The Kier molecular flexibility index (Phi) is 7.83. The smallest absolute Gasteiger partial charge is 0.234 e. The van der Waals surface area contributed by atoms with Crippen molar-refractivity contribution in [2.24, 2.45) is 0 Å². The van der Waals surface area contributed by atoms with Gasteiger partial charge in [-0.15, -0.1) is 16.8 Å². The number of aryl methyl sites for hydroxylation is 1. The van der Waals surface area contributed by atoms with Crippen molar-refractivity contribution in [2.45, 2.75) is 38.1 Å². The highest BCUT2D eigenvalue weighted by Crippen LogP contribution is 2.25. The molecule has 1 aromatic heterocycles. The van der Waals surface area contributed by atoms with Crippen molar-refractivity contribution >= 4 is 23.4 Å². The van der Waals surface area contributed by atoms with Crippen LogP contribution in [0.2, 0.25) is 0 Å². The number of nitrogens with zero attached hydrogens (tertiary/aromatic N) is 3. The second-order valence-electron chi connectivity index (χ2n) is 6.84. The largest absolute Gasteiger partial charge is 0.483 e. The summed E-state index contributed by atoms with van der Waals surface area (Å²) in [4.78, 5) is 12.4. The van der Waals surface area contributed by atoms with Crippen molar-refractivity contribution in [3.05, 3.63) is 78.4 Å². The Bertz CT molecular complexity index is 1020. The fraction of sp³-hybridized carbons (Fsp3) is 0.261. The molecule has 1 amide bonds. The quantitative estimate of drug-likeness (QED) is 0.353. The summed E-state index contributed by atoms with van der Waals surface area (Å²) in [5.74, 6) is 0.873. The molecule has 162 valence electrons. The first kappa shape index (κ1) is 22.6. The predicted octanol–water partition coefficient (Wildman–Crippen LogP) is 5.04. The van der Waals surface area contributed by atoms with E-state index in [-0.39, 0.29) is 17.5 Å². The molecule has 0 radical (unpaired) electrons. The SMILES string of the molecule is C=CCn1c(SCC(=O)Nc2ccc(CC)cc2)nnc1C(C)Oc1ccc(F)cc1. The van der Waals surface area contributed by atoms with Gasteiger partial charge in [0, 0.05) is 12.2 Å². The number of benzene rings is 2. The molecule has 3 rings (SSSR count). The molecular formula is C23H25FN4O2S. The lowest BCUT2D eigenvalue weighted by Gasteiger charge is -2.15. The summed E-state index contributed by atoms with van der Waals surface area (Å²) in [5.41, 5.74) is 1.98. The summed E-state index contributed by atoms with van der Waals surface area (Å²) in [5, 5.41) is 12.0. The number of nitrogens with one attached hydrogen (secondary N) is 1. The standard InChI is InChI=1S/C23H25FN4O2S/c1-4-14-28-22(16(3)30-20-12-8-18(24)9-13-20)26-27-23(28)31-15-21(29)25-19-10-6-17(5-2)7-11-19/h4,6-13,16H,1,5,14-15H2,2-3H3,(H,25,29). The van der Waals surface area contributed by atoms with Gasteiger partial charge in [0.2, 0.25) is 5.91 Å². The molecule has 31 heavy (non-hydrogen) atoms. The number of thioether (sulfide) groups is 1. The van der Waals surface area contributed by atoms with Gasteiger partial charge < -0.3 is 10.1 Å². The maximum absolute atomic E-state index is 13.1. The van der Waals surface area contributed by atoms with E-state index in [1.807, 2.05) is 35.8 Å². The van der Waals surface area contributed by atoms with E-state index in [9.17, 15) is 9.18 Å². The molecule has 0 aliphatic carbocycles. The fourth-order valence-electron chi connectivity index (χ4n) is 2.93. The normalized spacial score (nSPS) is 11.7. The minimum Gasteiger partial charge on any atom is -0.483 e. The van der Waals surface area contributed by atoms with E-state index in [1.54, 1.807) is 18.2 Å². The first-order valence-corrected chi connectivity index (χ1v) is 11.0. The number of hydrogen-bond donors (Lipinski definition) is 1. The van der Waals surface area contributed by atoms with E-state index in [4.69, 9.17) is 4.74 Å². The summed E-state index contributed by atoms with van der Waals surface area (Å²) in [6, 6.07) is 13.6. The molecule has 6 nitrogen and oxygen atoms in total. The molecule has 3 aromatic rings. The van der Waals surface area contributed by atoms with E-state index < -0.39 is 6.10 Å². The van der Waals surface area contributed by atoms with Gasteiger partial charge in [0.05, 0.1) is 5.75 Å². The zero-order valence-electron chi connectivity index (χ0n) is 17.5. The van der Waals surface area contributed by atoms with E-state index in [1.165, 1.54) is 29.5 Å². The summed E-state index contributed by atoms with van der Waals surface area (Å²) in [7, 11) is 0. The van der Waals surface area contributed by atoms with E-state index in [0.29, 0.717) is 23.3 Å². The number of hydrogen-bond acceptors (Lipinski definition) is 5. The van der Waals surface area contributed by atoms with Crippen LogP contribution in [0.15, 0.2) is 66.3 Å². The molecule has 8 heteroatoms. The van der Waals surface area contributed by atoms with Crippen LogP contribution in [0.5, 0.6) is 5.75 Å². The van der Waals surface area contributed by atoms with Crippen LogP contribution in [0, 0.1) is 5.82 Å². The maximum Gasteiger partial charge on any atom is 0.234 e. The Hall–Kier alpha value is -3.13. The number of allylic oxidation sites excluding steroid dienone is 1.